The second-order valence-electron chi connectivity index (χ2n) is 7.85. The quantitative estimate of drug-likeness (QED) is 0.569. The lowest BCUT2D eigenvalue weighted by Crippen LogP contribution is -2.12. The molecule has 1 heterocycles. The van der Waals surface area contributed by atoms with Crippen LogP contribution in [0.3, 0.4) is 0 Å². The van der Waals surface area contributed by atoms with Crippen LogP contribution in [-0.4, -0.2) is 22.7 Å². The van der Waals surface area contributed by atoms with Gasteiger partial charge in [0, 0.05) is 17.7 Å². The Morgan fingerprint density at radius 2 is 1.90 bits per heavy atom. The van der Waals surface area contributed by atoms with Crippen molar-refractivity contribution in [1.29, 1.82) is 0 Å². The summed E-state index contributed by atoms with van der Waals surface area (Å²) in [6, 6.07) is 15.9. The first-order chi connectivity index (χ1) is 14.4. The number of pyridine rings is 1. The number of ether oxygens (including phenoxy) is 1. The molecule has 4 nitrogen and oxygen atoms in total. The summed E-state index contributed by atoms with van der Waals surface area (Å²) < 4.78 is 19.9. The molecule has 0 bridgehead atoms. The Balaban J connectivity index is 1.68. The Morgan fingerprint density at radius 3 is 2.57 bits per heavy atom. The summed E-state index contributed by atoms with van der Waals surface area (Å²) in [6.45, 7) is 3.01. The molecule has 0 atom stereocenters. The summed E-state index contributed by atoms with van der Waals surface area (Å²) in [5, 5.41) is 8.78. The lowest BCUT2D eigenvalue weighted by atomic mass is 9.95. The van der Waals surface area contributed by atoms with Gasteiger partial charge in [-0.1, -0.05) is 36.4 Å². The van der Waals surface area contributed by atoms with Gasteiger partial charge in [0.1, 0.15) is 0 Å². The van der Waals surface area contributed by atoms with Crippen molar-refractivity contribution in [1.82, 2.24) is 4.98 Å². The summed E-state index contributed by atoms with van der Waals surface area (Å²) in [5.41, 5.74) is 6.42. The van der Waals surface area contributed by atoms with Crippen LogP contribution in [0.1, 0.15) is 46.7 Å². The van der Waals surface area contributed by atoms with E-state index in [0.29, 0.717) is 17.9 Å². The van der Waals surface area contributed by atoms with E-state index in [9.17, 15) is 9.18 Å². The zero-order chi connectivity index (χ0) is 21.3. The van der Waals surface area contributed by atoms with Gasteiger partial charge < -0.3 is 9.84 Å². The van der Waals surface area contributed by atoms with Gasteiger partial charge in [-0.15, -0.1) is 0 Å². The third-order valence-electron chi connectivity index (χ3n) is 5.58. The molecule has 0 spiro atoms. The number of hydrogen-bond acceptors (Lipinski definition) is 3. The first-order valence-corrected chi connectivity index (χ1v) is 10.1. The number of rotatable bonds is 7. The highest BCUT2D eigenvalue weighted by Gasteiger charge is 2.27. The van der Waals surface area contributed by atoms with E-state index in [1.165, 1.54) is 18.4 Å². The Bertz CT molecular complexity index is 1090. The van der Waals surface area contributed by atoms with Crippen LogP contribution in [-0.2, 0) is 11.2 Å². The van der Waals surface area contributed by atoms with E-state index in [0.717, 1.165) is 28.1 Å². The molecule has 30 heavy (non-hydrogen) atoms. The molecule has 1 saturated carbocycles. The molecular formula is C25H24FNO3. The number of aliphatic carboxylic acids is 1. The third kappa shape index (κ3) is 4.20. The van der Waals surface area contributed by atoms with Crippen molar-refractivity contribution in [2.45, 2.75) is 39.0 Å². The summed E-state index contributed by atoms with van der Waals surface area (Å²) in [4.78, 5) is 15.7. The number of benzene rings is 2. The Morgan fingerprint density at radius 1 is 1.17 bits per heavy atom. The normalized spacial score (nSPS) is 13.3. The molecular weight excluding hydrogens is 381 g/mol. The molecule has 1 fully saturated rings. The number of aryl methyl sites for hydroxylation is 1. The van der Waals surface area contributed by atoms with Crippen LogP contribution in [0.2, 0.25) is 0 Å². The number of aromatic nitrogens is 1. The Labute approximate surface area is 175 Å². The molecule has 1 aliphatic carbocycles. The second kappa shape index (κ2) is 8.27. The van der Waals surface area contributed by atoms with Crippen LogP contribution in [0.4, 0.5) is 4.39 Å². The van der Waals surface area contributed by atoms with Gasteiger partial charge in [-0.05, 0) is 67.0 Å². The lowest BCUT2D eigenvalue weighted by Gasteiger charge is -2.16. The highest BCUT2D eigenvalue weighted by atomic mass is 19.1. The zero-order valence-electron chi connectivity index (χ0n) is 17.1. The van der Waals surface area contributed by atoms with Gasteiger partial charge in [-0.3, -0.25) is 4.98 Å². The second-order valence-corrected chi connectivity index (χ2v) is 7.85. The van der Waals surface area contributed by atoms with Crippen molar-refractivity contribution in [2.24, 2.45) is 0 Å². The molecule has 0 unspecified atom stereocenters. The average Bonchev–Trinajstić information content (AvgIpc) is 3.58. The van der Waals surface area contributed by atoms with Crippen molar-refractivity contribution in [2.75, 3.05) is 6.61 Å². The van der Waals surface area contributed by atoms with Crippen molar-refractivity contribution >= 4 is 5.97 Å². The van der Waals surface area contributed by atoms with Crippen LogP contribution in [0, 0.1) is 19.7 Å². The average molecular weight is 405 g/mol. The van der Waals surface area contributed by atoms with E-state index in [2.05, 4.69) is 18.2 Å². The SMILES string of the molecule is Cc1cc(OCC(=O)O)c(F)c(C)c1Cc1ccc(C2CC2)c(-c2ccccc2)n1. The molecule has 5 heteroatoms. The van der Waals surface area contributed by atoms with Crippen LogP contribution >= 0.6 is 0 Å². The fourth-order valence-corrected chi connectivity index (χ4v) is 3.82. The highest BCUT2D eigenvalue weighted by molar-refractivity contribution is 5.68. The Hall–Kier alpha value is -3.21. The molecule has 1 N–H and O–H groups in total. The molecule has 3 aromatic rings. The first-order valence-electron chi connectivity index (χ1n) is 10.1. The van der Waals surface area contributed by atoms with Crippen LogP contribution in [0.25, 0.3) is 11.3 Å². The molecule has 1 aliphatic rings. The van der Waals surface area contributed by atoms with Gasteiger partial charge in [0.15, 0.2) is 18.2 Å². The number of carbonyl (C=O) groups is 1. The maximum absolute atomic E-state index is 14.8. The minimum atomic E-state index is -1.14. The smallest absolute Gasteiger partial charge is 0.341 e. The van der Waals surface area contributed by atoms with Crippen molar-refractivity contribution in [3.63, 3.8) is 0 Å². The number of halogens is 1. The van der Waals surface area contributed by atoms with Gasteiger partial charge in [0.25, 0.3) is 0 Å². The molecule has 0 radical (unpaired) electrons. The molecule has 0 aliphatic heterocycles. The lowest BCUT2D eigenvalue weighted by molar-refractivity contribution is -0.139. The number of hydrogen-bond donors (Lipinski definition) is 1. The standard InChI is InChI=1S/C25H24FNO3/c1-15-12-22(30-14-23(28)29)24(26)16(2)21(15)13-19-10-11-20(17-8-9-17)25(27-19)18-6-4-3-5-7-18/h3-7,10-12,17H,8-9,13-14H2,1-2H3,(H,28,29). The molecule has 2 aromatic carbocycles. The van der Waals surface area contributed by atoms with Gasteiger partial charge in [0.2, 0.25) is 0 Å². The fourth-order valence-electron chi connectivity index (χ4n) is 3.82. The van der Waals surface area contributed by atoms with Crippen molar-refractivity contribution in [3.05, 3.63) is 82.3 Å². The monoisotopic (exact) mass is 405 g/mol. The van der Waals surface area contributed by atoms with Crippen LogP contribution in [0.5, 0.6) is 5.75 Å². The third-order valence-corrected chi connectivity index (χ3v) is 5.58. The highest BCUT2D eigenvalue weighted by Crippen LogP contribution is 2.44. The van der Waals surface area contributed by atoms with Crippen molar-refractivity contribution < 1.29 is 19.0 Å². The fraction of sp³-hybridized carbons (Fsp3) is 0.280. The maximum Gasteiger partial charge on any atom is 0.341 e. The number of carboxylic acids is 1. The molecule has 0 saturated heterocycles. The van der Waals surface area contributed by atoms with E-state index < -0.39 is 18.4 Å². The summed E-state index contributed by atoms with van der Waals surface area (Å²) in [5.74, 6) is -1.11. The molecule has 4 rings (SSSR count). The van der Waals surface area contributed by atoms with E-state index in [-0.39, 0.29) is 5.75 Å². The van der Waals surface area contributed by atoms with Gasteiger partial charge in [-0.2, -0.15) is 0 Å². The minimum Gasteiger partial charge on any atom is -0.479 e. The van der Waals surface area contributed by atoms with Gasteiger partial charge >= 0.3 is 5.97 Å². The molecule has 0 amide bonds. The minimum absolute atomic E-state index is 0.0295. The van der Waals surface area contributed by atoms with E-state index >= 15 is 0 Å². The van der Waals surface area contributed by atoms with E-state index in [1.54, 1.807) is 13.0 Å². The van der Waals surface area contributed by atoms with Gasteiger partial charge in [-0.25, -0.2) is 9.18 Å². The van der Waals surface area contributed by atoms with Crippen LogP contribution in [0.15, 0.2) is 48.5 Å². The topological polar surface area (TPSA) is 59.4 Å². The summed E-state index contributed by atoms with van der Waals surface area (Å²) in [7, 11) is 0. The zero-order valence-corrected chi connectivity index (χ0v) is 17.1. The summed E-state index contributed by atoms with van der Waals surface area (Å²) >= 11 is 0. The van der Waals surface area contributed by atoms with E-state index in [1.807, 2.05) is 31.2 Å². The van der Waals surface area contributed by atoms with Crippen molar-refractivity contribution in [3.8, 4) is 17.0 Å². The molecule has 154 valence electrons. The van der Waals surface area contributed by atoms with Crippen LogP contribution < -0.4 is 4.74 Å². The molecule has 1 aromatic heterocycles. The van der Waals surface area contributed by atoms with E-state index in [4.69, 9.17) is 14.8 Å². The maximum atomic E-state index is 14.8. The number of carboxylic acid groups (broad SMARTS) is 1. The van der Waals surface area contributed by atoms with Gasteiger partial charge in [0.05, 0.1) is 5.69 Å². The predicted molar refractivity (Wildman–Crippen MR) is 113 cm³/mol. The Kier molecular flexibility index (Phi) is 5.53. The largest absolute Gasteiger partial charge is 0.479 e. The first kappa shape index (κ1) is 20.1. The number of nitrogens with zero attached hydrogens (tertiary/aromatic N) is 1. The summed E-state index contributed by atoms with van der Waals surface area (Å²) in [6.07, 6.45) is 2.89. The predicted octanol–water partition coefficient (Wildman–Crippen LogP) is 5.44.